The van der Waals surface area contributed by atoms with E-state index in [1.165, 1.54) is 12.8 Å². The molecule has 72 valence electrons. The first-order valence-electron chi connectivity index (χ1n) is 4.93. The largest absolute Gasteiger partial charge is 0.341 e. The summed E-state index contributed by atoms with van der Waals surface area (Å²) in [6.45, 7) is 0.825. The highest BCUT2D eigenvalue weighted by Crippen LogP contribution is 2.42. The number of amides is 2. The highest BCUT2D eigenvalue weighted by atomic mass is 16.2. The first kappa shape index (κ1) is 8.60. The van der Waals surface area contributed by atoms with E-state index in [1.807, 2.05) is 0 Å². The Bertz CT molecular complexity index is 237. The van der Waals surface area contributed by atoms with Crippen molar-refractivity contribution in [3.05, 3.63) is 12.2 Å². The van der Waals surface area contributed by atoms with Crippen molar-refractivity contribution in [1.82, 2.24) is 10.6 Å². The van der Waals surface area contributed by atoms with Gasteiger partial charge in [0.1, 0.15) is 0 Å². The van der Waals surface area contributed by atoms with E-state index >= 15 is 0 Å². The lowest BCUT2D eigenvalue weighted by Crippen LogP contribution is -2.37. The van der Waals surface area contributed by atoms with Gasteiger partial charge in [0.2, 0.25) is 0 Å². The lowest BCUT2D eigenvalue weighted by atomic mass is 9.94. The van der Waals surface area contributed by atoms with Crippen LogP contribution < -0.4 is 10.6 Å². The Morgan fingerprint density at radius 2 is 2.31 bits per heavy atom. The average molecular weight is 180 g/mol. The van der Waals surface area contributed by atoms with E-state index in [4.69, 9.17) is 0 Å². The van der Waals surface area contributed by atoms with Crippen molar-refractivity contribution in [3.63, 3.8) is 0 Å². The summed E-state index contributed by atoms with van der Waals surface area (Å²) in [7, 11) is 1.65. The van der Waals surface area contributed by atoms with Gasteiger partial charge in [0, 0.05) is 13.6 Å². The summed E-state index contributed by atoms with van der Waals surface area (Å²) < 4.78 is 0. The molecule has 3 atom stereocenters. The molecule has 0 unspecified atom stereocenters. The van der Waals surface area contributed by atoms with Crippen LogP contribution in [0.15, 0.2) is 12.2 Å². The number of carbonyl (C=O) groups excluding carboxylic acids is 1. The summed E-state index contributed by atoms with van der Waals surface area (Å²) in [5.74, 6) is 2.19. The molecule has 0 aromatic carbocycles. The number of allylic oxidation sites excluding steroid dienone is 2. The maximum atomic E-state index is 10.9. The van der Waals surface area contributed by atoms with E-state index < -0.39 is 0 Å². The van der Waals surface area contributed by atoms with Gasteiger partial charge in [-0.3, -0.25) is 0 Å². The van der Waals surface area contributed by atoms with Crippen molar-refractivity contribution in [2.75, 3.05) is 13.6 Å². The van der Waals surface area contributed by atoms with E-state index in [0.29, 0.717) is 5.92 Å². The average Bonchev–Trinajstić information content (AvgIpc) is 2.74. The van der Waals surface area contributed by atoms with E-state index in [9.17, 15) is 4.79 Å². The molecule has 0 radical (unpaired) electrons. The summed E-state index contributed by atoms with van der Waals surface area (Å²) in [5.41, 5.74) is 0. The number of fused-ring (bicyclic) bond motifs is 2. The Kier molecular flexibility index (Phi) is 2.25. The molecule has 2 aliphatic carbocycles. The first-order valence-corrected chi connectivity index (χ1v) is 4.93. The Morgan fingerprint density at radius 3 is 2.85 bits per heavy atom. The summed E-state index contributed by atoms with van der Waals surface area (Å²) >= 11 is 0. The second kappa shape index (κ2) is 3.40. The second-order valence-corrected chi connectivity index (χ2v) is 4.00. The third-order valence-corrected chi connectivity index (χ3v) is 3.17. The number of hydrogen-bond acceptors (Lipinski definition) is 1. The molecule has 0 aromatic heterocycles. The fraction of sp³-hybridized carbons (Fsp3) is 0.700. The van der Waals surface area contributed by atoms with Gasteiger partial charge in [-0.1, -0.05) is 12.2 Å². The van der Waals surface area contributed by atoms with Crippen LogP contribution in [0.3, 0.4) is 0 Å². The molecule has 3 heteroatoms. The smallest absolute Gasteiger partial charge is 0.314 e. The van der Waals surface area contributed by atoms with Gasteiger partial charge in [0.05, 0.1) is 0 Å². The summed E-state index contributed by atoms with van der Waals surface area (Å²) in [6.07, 6.45) is 7.19. The Labute approximate surface area is 78.6 Å². The summed E-state index contributed by atoms with van der Waals surface area (Å²) in [4.78, 5) is 10.9. The van der Waals surface area contributed by atoms with Crippen LogP contribution in [0, 0.1) is 17.8 Å². The normalized spacial score (nSPS) is 35.0. The van der Waals surface area contributed by atoms with Crippen LogP contribution in [0.25, 0.3) is 0 Å². The molecule has 2 bridgehead atoms. The minimum atomic E-state index is -0.0632. The summed E-state index contributed by atoms with van der Waals surface area (Å²) in [5, 5.41) is 5.44. The van der Waals surface area contributed by atoms with Gasteiger partial charge < -0.3 is 10.6 Å². The van der Waals surface area contributed by atoms with Crippen molar-refractivity contribution >= 4 is 6.03 Å². The molecule has 2 amide bonds. The van der Waals surface area contributed by atoms with Crippen LogP contribution in [-0.4, -0.2) is 19.6 Å². The van der Waals surface area contributed by atoms with Crippen LogP contribution in [0.1, 0.15) is 12.8 Å². The van der Waals surface area contributed by atoms with E-state index in [2.05, 4.69) is 22.8 Å². The van der Waals surface area contributed by atoms with Crippen molar-refractivity contribution in [1.29, 1.82) is 0 Å². The van der Waals surface area contributed by atoms with Crippen molar-refractivity contribution < 1.29 is 4.79 Å². The van der Waals surface area contributed by atoms with Crippen LogP contribution in [-0.2, 0) is 0 Å². The first-order chi connectivity index (χ1) is 6.29. The minimum absolute atomic E-state index is 0.0632. The quantitative estimate of drug-likeness (QED) is 0.614. The third kappa shape index (κ3) is 1.69. The van der Waals surface area contributed by atoms with Gasteiger partial charge in [-0.05, 0) is 30.6 Å². The van der Waals surface area contributed by atoms with E-state index in [-0.39, 0.29) is 6.03 Å². The molecule has 0 aliphatic heterocycles. The number of nitrogens with one attached hydrogen (secondary N) is 2. The van der Waals surface area contributed by atoms with Crippen molar-refractivity contribution in [2.24, 2.45) is 17.8 Å². The van der Waals surface area contributed by atoms with Gasteiger partial charge in [-0.2, -0.15) is 0 Å². The zero-order valence-corrected chi connectivity index (χ0v) is 7.92. The molecular formula is C10H16N2O. The number of carbonyl (C=O) groups is 1. The lowest BCUT2D eigenvalue weighted by molar-refractivity contribution is 0.240. The maximum Gasteiger partial charge on any atom is 0.314 e. The monoisotopic (exact) mass is 180 g/mol. The van der Waals surface area contributed by atoms with Gasteiger partial charge >= 0.3 is 6.03 Å². The number of rotatable bonds is 2. The van der Waals surface area contributed by atoms with Gasteiger partial charge in [-0.15, -0.1) is 0 Å². The summed E-state index contributed by atoms with van der Waals surface area (Å²) in [6, 6.07) is -0.0632. The minimum Gasteiger partial charge on any atom is -0.341 e. The molecule has 0 aromatic rings. The van der Waals surface area contributed by atoms with Crippen LogP contribution in [0.5, 0.6) is 0 Å². The Hall–Kier alpha value is -0.990. The predicted octanol–water partition coefficient (Wildman–Crippen LogP) is 1.13. The molecule has 0 saturated heterocycles. The Balaban J connectivity index is 1.78. The van der Waals surface area contributed by atoms with Crippen LogP contribution >= 0.6 is 0 Å². The predicted molar refractivity (Wildman–Crippen MR) is 51.3 cm³/mol. The SMILES string of the molecule is CNC(=O)NC[C@@H]1C[C@H]2C=C[C@@H]1C2. The van der Waals surface area contributed by atoms with Gasteiger partial charge in [0.25, 0.3) is 0 Å². The van der Waals surface area contributed by atoms with Crippen LogP contribution in [0.2, 0.25) is 0 Å². The van der Waals surface area contributed by atoms with Crippen molar-refractivity contribution in [3.8, 4) is 0 Å². The molecule has 13 heavy (non-hydrogen) atoms. The molecule has 0 heterocycles. The highest BCUT2D eigenvalue weighted by Gasteiger charge is 2.35. The molecule has 1 fully saturated rings. The van der Waals surface area contributed by atoms with E-state index in [1.54, 1.807) is 7.05 Å². The molecule has 2 aliphatic rings. The van der Waals surface area contributed by atoms with Crippen molar-refractivity contribution in [2.45, 2.75) is 12.8 Å². The molecule has 0 spiro atoms. The molecular weight excluding hydrogens is 164 g/mol. The Morgan fingerprint density at radius 1 is 1.46 bits per heavy atom. The topological polar surface area (TPSA) is 41.1 Å². The number of urea groups is 1. The fourth-order valence-electron chi connectivity index (χ4n) is 2.44. The molecule has 2 rings (SSSR count). The highest BCUT2D eigenvalue weighted by molar-refractivity contribution is 5.73. The van der Waals surface area contributed by atoms with Crippen LogP contribution in [0.4, 0.5) is 4.79 Å². The molecule has 1 saturated carbocycles. The zero-order valence-electron chi connectivity index (χ0n) is 7.92. The fourth-order valence-corrected chi connectivity index (χ4v) is 2.44. The molecule has 3 nitrogen and oxygen atoms in total. The van der Waals surface area contributed by atoms with Gasteiger partial charge in [-0.25, -0.2) is 4.79 Å². The van der Waals surface area contributed by atoms with E-state index in [0.717, 1.165) is 18.4 Å². The number of hydrogen-bond donors (Lipinski definition) is 2. The standard InChI is InChI=1S/C10H16N2O/c1-11-10(13)12-6-9-5-7-2-3-8(9)4-7/h2-3,7-9H,4-6H2,1H3,(H2,11,12,13)/t7-,8+,9-/m0/s1. The maximum absolute atomic E-state index is 10.9. The molecule has 2 N–H and O–H groups in total. The third-order valence-electron chi connectivity index (χ3n) is 3.17. The zero-order chi connectivity index (χ0) is 9.26. The second-order valence-electron chi connectivity index (χ2n) is 4.00. The lowest BCUT2D eigenvalue weighted by Gasteiger charge is -2.18. The van der Waals surface area contributed by atoms with Gasteiger partial charge in [0.15, 0.2) is 0 Å².